The molecule has 0 bridgehead atoms. The fourth-order valence-electron chi connectivity index (χ4n) is 2.08. The molecule has 2 heteroatoms. The molecule has 0 fully saturated rings. The summed E-state index contributed by atoms with van der Waals surface area (Å²) in [5.41, 5.74) is 5.05. The maximum Gasteiger partial charge on any atom is 0.0709 e. The summed E-state index contributed by atoms with van der Waals surface area (Å²) >= 11 is 2.35. The molecule has 1 heterocycles. The van der Waals surface area contributed by atoms with Gasteiger partial charge >= 0.3 is 0 Å². The van der Waals surface area contributed by atoms with Gasteiger partial charge in [0.05, 0.1) is 5.52 Å². The highest BCUT2D eigenvalue weighted by atomic mass is 127. The van der Waals surface area contributed by atoms with E-state index in [4.69, 9.17) is 4.98 Å². The summed E-state index contributed by atoms with van der Waals surface area (Å²) in [6.07, 6.45) is 0. The smallest absolute Gasteiger partial charge is 0.0709 e. The zero-order chi connectivity index (χ0) is 11.9. The highest BCUT2D eigenvalue weighted by Crippen LogP contribution is 2.27. The molecule has 2 rings (SSSR count). The molecule has 1 aromatic heterocycles. The standard InChI is InChI=1S/C14H16IN/c1-8(2)14-10(4)9(3)12-7-11(15)5-6-13(12)16-14/h5-8H,1-4H3. The molecule has 0 saturated carbocycles. The Hall–Kier alpha value is -0.640. The van der Waals surface area contributed by atoms with Crippen molar-refractivity contribution in [3.8, 4) is 0 Å². The van der Waals surface area contributed by atoms with Crippen LogP contribution in [0.2, 0.25) is 0 Å². The molecule has 0 atom stereocenters. The topological polar surface area (TPSA) is 12.9 Å². The average molecular weight is 325 g/mol. The maximum absolute atomic E-state index is 4.77. The van der Waals surface area contributed by atoms with Crippen molar-refractivity contribution in [3.63, 3.8) is 0 Å². The highest BCUT2D eigenvalue weighted by molar-refractivity contribution is 14.1. The molecule has 16 heavy (non-hydrogen) atoms. The van der Waals surface area contributed by atoms with Gasteiger partial charge in [-0.15, -0.1) is 0 Å². The number of fused-ring (bicyclic) bond motifs is 1. The van der Waals surface area contributed by atoms with E-state index in [-0.39, 0.29) is 0 Å². The number of benzene rings is 1. The van der Waals surface area contributed by atoms with Crippen LogP contribution in [0.25, 0.3) is 10.9 Å². The quantitative estimate of drug-likeness (QED) is 0.700. The van der Waals surface area contributed by atoms with E-state index in [0.717, 1.165) is 5.52 Å². The largest absolute Gasteiger partial charge is 0.252 e. The molecule has 0 aliphatic heterocycles. The normalized spacial score (nSPS) is 11.4. The van der Waals surface area contributed by atoms with Crippen LogP contribution in [0, 0.1) is 17.4 Å². The average Bonchev–Trinajstić information content (AvgIpc) is 2.23. The van der Waals surface area contributed by atoms with Gasteiger partial charge in [-0.1, -0.05) is 13.8 Å². The van der Waals surface area contributed by atoms with E-state index in [9.17, 15) is 0 Å². The molecule has 84 valence electrons. The van der Waals surface area contributed by atoms with E-state index >= 15 is 0 Å². The van der Waals surface area contributed by atoms with E-state index in [0.29, 0.717) is 5.92 Å². The number of halogens is 1. The monoisotopic (exact) mass is 325 g/mol. The Morgan fingerprint density at radius 2 is 1.81 bits per heavy atom. The lowest BCUT2D eigenvalue weighted by Crippen LogP contribution is -2.00. The molecule has 0 spiro atoms. The summed E-state index contributed by atoms with van der Waals surface area (Å²) in [5.74, 6) is 0.488. The van der Waals surface area contributed by atoms with Crippen LogP contribution < -0.4 is 0 Å². The van der Waals surface area contributed by atoms with Gasteiger partial charge in [-0.2, -0.15) is 0 Å². The van der Waals surface area contributed by atoms with Crippen LogP contribution in [0.3, 0.4) is 0 Å². The van der Waals surface area contributed by atoms with E-state index < -0.39 is 0 Å². The number of aryl methyl sites for hydroxylation is 1. The molecule has 0 aliphatic carbocycles. The summed E-state index contributed by atoms with van der Waals surface area (Å²) in [4.78, 5) is 4.77. The van der Waals surface area contributed by atoms with Crippen LogP contribution in [0.4, 0.5) is 0 Å². The molecule has 1 nitrogen and oxygen atoms in total. The van der Waals surface area contributed by atoms with Crippen molar-refractivity contribution in [2.24, 2.45) is 0 Å². The van der Waals surface area contributed by atoms with E-state index in [1.807, 2.05) is 0 Å². The summed E-state index contributed by atoms with van der Waals surface area (Å²) in [5, 5.41) is 1.29. The Labute approximate surface area is 110 Å². The summed E-state index contributed by atoms with van der Waals surface area (Å²) in [6, 6.07) is 6.46. The minimum Gasteiger partial charge on any atom is -0.252 e. The third-order valence-electron chi connectivity index (χ3n) is 3.10. The number of hydrogen-bond donors (Lipinski definition) is 0. The third-order valence-corrected chi connectivity index (χ3v) is 3.77. The number of hydrogen-bond acceptors (Lipinski definition) is 1. The molecule has 2 aromatic rings. The first-order valence-corrected chi connectivity index (χ1v) is 6.65. The minimum atomic E-state index is 0.488. The lowest BCUT2D eigenvalue weighted by Gasteiger charge is -2.14. The predicted octanol–water partition coefficient (Wildman–Crippen LogP) is 4.58. The van der Waals surface area contributed by atoms with Gasteiger partial charge < -0.3 is 0 Å². The minimum absolute atomic E-state index is 0.488. The number of aromatic nitrogens is 1. The summed E-state index contributed by atoms with van der Waals surface area (Å²) in [7, 11) is 0. The zero-order valence-electron chi connectivity index (χ0n) is 10.1. The Morgan fingerprint density at radius 1 is 1.12 bits per heavy atom. The molecule has 0 radical (unpaired) electrons. The van der Waals surface area contributed by atoms with Gasteiger partial charge in [-0.3, -0.25) is 4.98 Å². The molecule has 0 N–H and O–H groups in total. The molecule has 0 amide bonds. The lowest BCUT2D eigenvalue weighted by atomic mass is 9.97. The SMILES string of the molecule is Cc1c(C(C)C)nc2ccc(I)cc2c1C. The van der Waals surface area contributed by atoms with Crippen LogP contribution in [-0.2, 0) is 0 Å². The van der Waals surface area contributed by atoms with E-state index in [1.165, 1.54) is 25.8 Å². The number of pyridine rings is 1. The number of nitrogens with zero attached hydrogens (tertiary/aromatic N) is 1. The lowest BCUT2D eigenvalue weighted by molar-refractivity contribution is 0.816. The number of rotatable bonds is 1. The van der Waals surface area contributed by atoms with Crippen molar-refractivity contribution in [2.75, 3.05) is 0 Å². The van der Waals surface area contributed by atoms with Crippen LogP contribution in [0.5, 0.6) is 0 Å². The van der Waals surface area contributed by atoms with Gasteiger partial charge in [0.25, 0.3) is 0 Å². The second kappa shape index (κ2) is 4.32. The first kappa shape index (κ1) is 11.8. The summed E-state index contributed by atoms with van der Waals surface area (Å²) in [6.45, 7) is 8.78. The highest BCUT2D eigenvalue weighted by Gasteiger charge is 2.11. The van der Waals surface area contributed by atoms with Gasteiger partial charge in [0.15, 0.2) is 0 Å². The van der Waals surface area contributed by atoms with Gasteiger partial charge in [0.1, 0.15) is 0 Å². The van der Waals surface area contributed by atoms with Gasteiger partial charge in [-0.25, -0.2) is 0 Å². The first-order chi connectivity index (χ1) is 7.50. The van der Waals surface area contributed by atoms with Gasteiger partial charge in [0, 0.05) is 14.7 Å². The molecule has 0 aliphatic rings. The van der Waals surface area contributed by atoms with Crippen LogP contribution >= 0.6 is 22.6 Å². The Bertz CT molecular complexity index is 544. The Kier molecular flexibility index (Phi) is 3.19. The Balaban J connectivity index is 2.83. The molecule has 1 aromatic carbocycles. The molecular formula is C14H16IN. The van der Waals surface area contributed by atoms with E-state index in [2.05, 4.69) is 68.5 Å². The van der Waals surface area contributed by atoms with Gasteiger partial charge in [0.2, 0.25) is 0 Å². The zero-order valence-corrected chi connectivity index (χ0v) is 12.3. The van der Waals surface area contributed by atoms with Gasteiger partial charge in [-0.05, 0) is 71.7 Å². The van der Waals surface area contributed by atoms with Crippen LogP contribution in [-0.4, -0.2) is 4.98 Å². The first-order valence-electron chi connectivity index (χ1n) is 5.57. The fourth-order valence-corrected chi connectivity index (χ4v) is 2.57. The van der Waals surface area contributed by atoms with Crippen molar-refractivity contribution >= 4 is 33.5 Å². The fraction of sp³-hybridized carbons (Fsp3) is 0.357. The second-order valence-electron chi connectivity index (χ2n) is 4.56. The Morgan fingerprint density at radius 3 is 2.44 bits per heavy atom. The molecule has 0 unspecified atom stereocenters. The van der Waals surface area contributed by atoms with Crippen molar-refractivity contribution in [2.45, 2.75) is 33.6 Å². The van der Waals surface area contributed by atoms with Crippen molar-refractivity contribution in [3.05, 3.63) is 38.6 Å². The molecular weight excluding hydrogens is 309 g/mol. The van der Waals surface area contributed by atoms with Crippen LogP contribution in [0.15, 0.2) is 18.2 Å². The van der Waals surface area contributed by atoms with E-state index in [1.54, 1.807) is 0 Å². The second-order valence-corrected chi connectivity index (χ2v) is 5.81. The van der Waals surface area contributed by atoms with Crippen LogP contribution in [0.1, 0.15) is 36.6 Å². The maximum atomic E-state index is 4.77. The predicted molar refractivity (Wildman–Crippen MR) is 78.0 cm³/mol. The molecule has 0 saturated heterocycles. The van der Waals surface area contributed by atoms with Crippen molar-refractivity contribution < 1.29 is 0 Å². The third kappa shape index (κ3) is 1.95. The summed E-state index contributed by atoms with van der Waals surface area (Å²) < 4.78 is 1.27. The van der Waals surface area contributed by atoms with Crippen molar-refractivity contribution in [1.29, 1.82) is 0 Å². The van der Waals surface area contributed by atoms with Crippen molar-refractivity contribution in [1.82, 2.24) is 4.98 Å².